The number of halogens is 1. The molecule has 0 aliphatic heterocycles. The zero-order chi connectivity index (χ0) is 16.0. The molecule has 0 fully saturated rings. The number of aliphatic hydroxyl groups excluding tert-OH is 1. The van der Waals surface area contributed by atoms with Gasteiger partial charge in [-0.25, -0.2) is 4.79 Å². The van der Waals surface area contributed by atoms with Crippen molar-refractivity contribution in [3.8, 4) is 0 Å². The molecule has 1 aromatic carbocycles. The van der Waals surface area contributed by atoms with E-state index >= 15 is 0 Å². The maximum atomic E-state index is 11.6. The number of carbonyl (C=O) groups is 1. The van der Waals surface area contributed by atoms with Gasteiger partial charge in [0.05, 0.1) is 0 Å². The fourth-order valence-corrected chi connectivity index (χ4v) is 2.33. The van der Waals surface area contributed by atoms with Crippen LogP contribution in [0, 0.1) is 12.8 Å². The van der Waals surface area contributed by atoms with Gasteiger partial charge in [0.15, 0.2) is 0 Å². The van der Waals surface area contributed by atoms with E-state index in [2.05, 4.69) is 21.2 Å². The van der Waals surface area contributed by atoms with E-state index in [1.807, 2.05) is 45.9 Å². The molecule has 0 radical (unpaired) electrons. The molecule has 4 nitrogen and oxygen atoms in total. The molecule has 0 saturated heterocycles. The first-order chi connectivity index (χ1) is 9.73. The first kappa shape index (κ1) is 18.0. The Morgan fingerprint density at radius 1 is 1.43 bits per heavy atom. The molecule has 1 amide bonds. The average Bonchev–Trinajstić information content (AvgIpc) is 2.37. The van der Waals surface area contributed by atoms with Crippen molar-refractivity contribution in [2.75, 3.05) is 13.2 Å². The van der Waals surface area contributed by atoms with Crippen LogP contribution in [0.25, 0.3) is 0 Å². The van der Waals surface area contributed by atoms with Crippen LogP contribution < -0.4 is 5.32 Å². The summed E-state index contributed by atoms with van der Waals surface area (Å²) in [5.74, 6) is -0.0366. The Morgan fingerprint density at radius 2 is 2.10 bits per heavy atom. The lowest BCUT2D eigenvalue weighted by Crippen LogP contribution is -2.36. The lowest BCUT2D eigenvalue weighted by molar-refractivity contribution is 0.0512. The van der Waals surface area contributed by atoms with E-state index in [0.717, 1.165) is 15.6 Å². The third kappa shape index (κ3) is 6.48. The lowest BCUT2D eigenvalue weighted by Gasteiger charge is -2.21. The second-order valence-electron chi connectivity index (χ2n) is 6.16. The summed E-state index contributed by atoms with van der Waals surface area (Å²) in [6.07, 6.45) is 0.254. The summed E-state index contributed by atoms with van der Waals surface area (Å²) in [5, 5.41) is 12.2. The monoisotopic (exact) mass is 357 g/mol. The highest BCUT2D eigenvalue weighted by molar-refractivity contribution is 9.10. The highest BCUT2D eigenvalue weighted by Gasteiger charge is 2.18. The SMILES string of the molecule is Cc1c(Br)cccc1CC(CO)CNC(=O)OC(C)(C)C. The molecule has 0 aromatic heterocycles. The van der Waals surface area contributed by atoms with Crippen molar-refractivity contribution in [3.05, 3.63) is 33.8 Å². The number of hydrogen-bond acceptors (Lipinski definition) is 3. The third-order valence-corrected chi connectivity index (χ3v) is 3.94. The predicted molar refractivity (Wildman–Crippen MR) is 87.4 cm³/mol. The number of alkyl carbamates (subject to hydrolysis) is 1. The summed E-state index contributed by atoms with van der Waals surface area (Å²) in [6, 6.07) is 6.00. The van der Waals surface area contributed by atoms with Gasteiger partial charge < -0.3 is 15.2 Å². The van der Waals surface area contributed by atoms with Crippen LogP contribution in [-0.4, -0.2) is 30.0 Å². The molecule has 2 N–H and O–H groups in total. The summed E-state index contributed by atoms with van der Waals surface area (Å²) in [6.45, 7) is 7.90. The average molecular weight is 358 g/mol. The van der Waals surface area contributed by atoms with Crippen LogP contribution in [0.15, 0.2) is 22.7 Å². The molecule has 0 spiro atoms. The highest BCUT2D eigenvalue weighted by atomic mass is 79.9. The minimum absolute atomic E-state index is 0.0156. The Hall–Kier alpha value is -1.07. The van der Waals surface area contributed by atoms with Crippen molar-refractivity contribution in [3.63, 3.8) is 0 Å². The Balaban J connectivity index is 2.56. The van der Waals surface area contributed by atoms with Gasteiger partial charge in [-0.3, -0.25) is 0 Å². The van der Waals surface area contributed by atoms with E-state index in [1.54, 1.807) is 0 Å². The zero-order valence-corrected chi connectivity index (χ0v) is 14.7. The molecular weight excluding hydrogens is 334 g/mol. The molecule has 21 heavy (non-hydrogen) atoms. The number of nitrogens with one attached hydrogen (secondary N) is 1. The molecule has 0 aliphatic rings. The molecule has 118 valence electrons. The highest BCUT2D eigenvalue weighted by Crippen LogP contribution is 2.21. The van der Waals surface area contributed by atoms with Gasteiger partial charge in [0.25, 0.3) is 0 Å². The lowest BCUT2D eigenvalue weighted by atomic mass is 9.96. The van der Waals surface area contributed by atoms with Crippen molar-refractivity contribution < 1.29 is 14.6 Å². The smallest absolute Gasteiger partial charge is 0.407 e. The zero-order valence-electron chi connectivity index (χ0n) is 13.1. The molecule has 0 aliphatic carbocycles. The van der Waals surface area contributed by atoms with Crippen LogP contribution in [0.4, 0.5) is 4.79 Å². The summed E-state index contributed by atoms with van der Waals surface area (Å²) >= 11 is 3.50. The van der Waals surface area contributed by atoms with Crippen molar-refractivity contribution in [1.29, 1.82) is 0 Å². The van der Waals surface area contributed by atoms with Gasteiger partial charge in [0.1, 0.15) is 5.60 Å². The van der Waals surface area contributed by atoms with Gasteiger partial charge >= 0.3 is 6.09 Å². The molecule has 0 bridgehead atoms. The van der Waals surface area contributed by atoms with Gasteiger partial charge in [0.2, 0.25) is 0 Å². The van der Waals surface area contributed by atoms with Crippen molar-refractivity contribution in [1.82, 2.24) is 5.32 Å². The van der Waals surface area contributed by atoms with E-state index in [1.165, 1.54) is 0 Å². The fraction of sp³-hybridized carbons (Fsp3) is 0.562. The van der Waals surface area contributed by atoms with Crippen LogP contribution >= 0.6 is 15.9 Å². The molecule has 0 heterocycles. The second-order valence-corrected chi connectivity index (χ2v) is 7.01. The fourth-order valence-electron chi connectivity index (χ4n) is 1.93. The predicted octanol–water partition coefficient (Wildman–Crippen LogP) is 3.43. The number of amides is 1. The number of benzene rings is 1. The first-order valence-electron chi connectivity index (χ1n) is 7.04. The number of aliphatic hydroxyl groups is 1. The largest absolute Gasteiger partial charge is 0.444 e. The summed E-state index contributed by atoms with van der Waals surface area (Å²) in [7, 11) is 0. The summed E-state index contributed by atoms with van der Waals surface area (Å²) in [4.78, 5) is 11.6. The minimum atomic E-state index is -0.514. The first-order valence-corrected chi connectivity index (χ1v) is 7.84. The van der Waals surface area contributed by atoms with Gasteiger partial charge in [-0.15, -0.1) is 0 Å². The molecule has 0 saturated carbocycles. The molecule has 1 aromatic rings. The van der Waals surface area contributed by atoms with Crippen LogP contribution in [0.1, 0.15) is 31.9 Å². The maximum absolute atomic E-state index is 11.6. The topological polar surface area (TPSA) is 58.6 Å². The van der Waals surface area contributed by atoms with Gasteiger partial charge in [-0.1, -0.05) is 28.1 Å². The van der Waals surface area contributed by atoms with E-state index in [9.17, 15) is 9.90 Å². The third-order valence-electron chi connectivity index (χ3n) is 3.08. The van der Waals surface area contributed by atoms with E-state index in [-0.39, 0.29) is 12.5 Å². The standard InChI is InChI=1S/C16H24BrNO3/c1-11-13(6-5-7-14(11)17)8-12(10-19)9-18-15(20)21-16(2,3)4/h5-7,12,19H,8-10H2,1-4H3,(H,18,20). The molecule has 1 atom stereocenters. The molecule has 1 unspecified atom stereocenters. The molecule has 5 heteroatoms. The van der Waals surface area contributed by atoms with E-state index in [4.69, 9.17) is 4.74 Å². The van der Waals surface area contributed by atoms with Gasteiger partial charge in [-0.05, 0) is 51.3 Å². The quantitative estimate of drug-likeness (QED) is 0.848. The number of rotatable bonds is 5. The van der Waals surface area contributed by atoms with Crippen LogP contribution in [-0.2, 0) is 11.2 Å². The Morgan fingerprint density at radius 3 is 2.67 bits per heavy atom. The number of ether oxygens (including phenoxy) is 1. The Kier molecular flexibility index (Phi) is 6.68. The van der Waals surface area contributed by atoms with E-state index in [0.29, 0.717) is 13.0 Å². The second kappa shape index (κ2) is 7.80. The van der Waals surface area contributed by atoms with Crippen molar-refractivity contribution in [2.45, 2.75) is 39.7 Å². The summed E-state index contributed by atoms with van der Waals surface area (Å²) in [5.41, 5.74) is 1.81. The van der Waals surface area contributed by atoms with Gasteiger partial charge in [-0.2, -0.15) is 0 Å². The van der Waals surface area contributed by atoms with E-state index < -0.39 is 11.7 Å². The minimum Gasteiger partial charge on any atom is -0.444 e. The maximum Gasteiger partial charge on any atom is 0.407 e. The van der Waals surface area contributed by atoms with Crippen LogP contribution in [0.5, 0.6) is 0 Å². The number of carbonyl (C=O) groups excluding carboxylic acids is 1. The normalized spacial score (nSPS) is 12.9. The molecule has 1 rings (SSSR count). The Bertz CT molecular complexity index is 483. The van der Waals surface area contributed by atoms with Crippen molar-refractivity contribution in [2.24, 2.45) is 5.92 Å². The van der Waals surface area contributed by atoms with Crippen LogP contribution in [0.3, 0.4) is 0 Å². The number of hydrogen-bond donors (Lipinski definition) is 2. The van der Waals surface area contributed by atoms with Crippen molar-refractivity contribution >= 4 is 22.0 Å². The van der Waals surface area contributed by atoms with Crippen LogP contribution in [0.2, 0.25) is 0 Å². The summed E-state index contributed by atoms with van der Waals surface area (Å²) < 4.78 is 6.24. The van der Waals surface area contributed by atoms with Gasteiger partial charge in [0, 0.05) is 23.5 Å². The molecular formula is C16H24BrNO3. The Labute approximate surface area is 135 Å².